The number of ether oxygens (including phenoxy) is 1. The van der Waals surface area contributed by atoms with Crippen molar-refractivity contribution < 1.29 is 9.53 Å². The van der Waals surface area contributed by atoms with Crippen LogP contribution >= 0.6 is 0 Å². The van der Waals surface area contributed by atoms with Crippen LogP contribution in [0.3, 0.4) is 0 Å². The number of carbonyl (C=O) groups is 1. The molecule has 5 nitrogen and oxygen atoms in total. The molecule has 0 atom stereocenters. The highest BCUT2D eigenvalue weighted by Gasteiger charge is 2.16. The highest BCUT2D eigenvalue weighted by atomic mass is 16.5. The van der Waals surface area contributed by atoms with E-state index in [1.807, 2.05) is 0 Å². The minimum Gasteiger partial charge on any atom is -0.494 e. The summed E-state index contributed by atoms with van der Waals surface area (Å²) < 4.78 is 6.62. The molecule has 0 aliphatic rings. The molecular formula is C11H11N3O2. The number of carbonyl (C=O) groups excluding carboxylic acids is 1. The Morgan fingerprint density at radius 1 is 1.38 bits per heavy atom. The van der Waals surface area contributed by atoms with Crippen LogP contribution in [0.4, 0.5) is 0 Å². The van der Waals surface area contributed by atoms with E-state index in [0.29, 0.717) is 17.0 Å². The highest BCUT2D eigenvalue weighted by Crippen LogP contribution is 2.19. The fraction of sp³-hybridized carbons (Fsp3) is 0.182. The van der Waals surface area contributed by atoms with E-state index in [1.54, 1.807) is 31.6 Å². The first kappa shape index (κ1) is 10.4. The number of rotatable bonds is 3. The van der Waals surface area contributed by atoms with Crippen LogP contribution < -0.4 is 4.74 Å². The molecule has 0 saturated heterocycles. The second-order valence-corrected chi connectivity index (χ2v) is 3.25. The second-order valence-electron chi connectivity index (χ2n) is 3.25. The van der Waals surface area contributed by atoms with Crippen LogP contribution in [0.2, 0.25) is 0 Å². The summed E-state index contributed by atoms with van der Waals surface area (Å²) in [6, 6.07) is 3.30. The van der Waals surface area contributed by atoms with Crippen LogP contribution in [0.1, 0.15) is 16.1 Å². The van der Waals surface area contributed by atoms with Crippen molar-refractivity contribution in [1.29, 1.82) is 0 Å². The molecule has 0 amide bonds. The van der Waals surface area contributed by atoms with E-state index >= 15 is 0 Å². The van der Waals surface area contributed by atoms with E-state index in [0.717, 1.165) is 0 Å². The molecule has 0 fully saturated rings. The molecule has 0 aliphatic carbocycles. The van der Waals surface area contributed by atoms with Crippen molar-refractivity contribution in [3.05, 3.63) is 42.0 Å². The summed E-state index contributed by atoms with van der Waals surface area (Å²) >= 11 is 0. The smallest absolute Gasteiger partial charge is 0.214 e. The average Bonchev–Trinajstić information content (AvgIpc) is 2.74. The van der Waals surface area contributed by atoms with Gasteiger partial charge in [0.25, 0.3) is 0 Å². The Balaban J connectivity index is 2.46. The molecule has 0 bridgehead atoms. The van der Waals surface area contributed by atoms with Crippen LogP contribution in [-0.4, -0.2) is 27.7 Å². The number of methoxy groups -OCH3 is 1. The van der Waals surface area contributed by atoms with Crippen LogP contribution in [0, 0.1) is 0 Å². The summed E-state index contributed by atoms with van der Waals surface area (Å²) in [5.41, 5.74) is 1.01. The lowest BCUT2D eigenvalue weighted by molar-refractivity contribution is 0.102. The van der Waals surface area contributed by atoms with Crippen molar-refractivity contribution in [2.45, 2.75) is 0 Å². The maximum absolute atomic E-state index is 12.1. The van der Waals surface area contributed by atoms with Gasteiger partial charge in [-0.05, 0) is 12.1 Å². The molecule has 0 N–H and O–H groups in total. The molecular weight excluding hydrogens is 206 g/mol. The van der Waals surface area contributed by atoms with Gasteiger partial charge < -0.3 is 4.74 Å². The highest BCUT2D eigenvalue weighted by molar-refractivity contribution is 6.09. The van der Waals surface area contributed by atoms with Crippen molar-refractivity contribution in [2.75, 3.05) is 7.11 Å². The standard InChI is InChI=1S/C11H11N3O2/c1-14-9(4-6-13-14)11(15)8-3-5-12-7-10(8)16-2/h3-7H,1-2H3. The van der Waals surface area contributed by atoms with Gasteiger partial charge in [0.1, 0.15) is 11.4 Å². The van der Waals surface area contributed by atoms with E-state index < -0.39 is 0 Å². The number of hydrogen-bond donors (Lipinski definition) is 0. The zero-order chi connectivity index (χ0) is 11.5. The Kier molecular flexibility index (Phi) is 2.68. The first-order valence-corrected chi connectivity index (χ1v) is 4.74. The lowest BCUT2D eigenvalue weighted by Crippen LogP contribution is -2.09. The van der Waals surface area contributed by atoms with Gasteiger partial charge in [0, 0.05) is 19.4 Å². The molecule has 0 aliphatic heterocycles. The quantitative estimate of drug-likeness (QED) is 0.721. The van der Waals surface area contributed by atoms with Gasteiger partial charge >= 0.3 is 0 Å². The van der Waals surface area contributed by atoms with Gasteiger partial charge in [0.05, 0.1) is 18.9 Å². The van der Waals surface area contributed by atoms with Crippen LogP contribution in [0.5, 0.6) is 5.75 Å². The Hall–Kier alpha value is -2.17. The summed E-state index contributed by atoms with van der Waals surface area (Å²) in [6.07, 6.45) is 4.66. The molecule has 2 aromatic rings. The Morgan fingerprint density at radius 2 is 2.19 bits per heavy atom. The fourth-order valence-corrected chi connectivity index (χ4v) is 1.46. The van der Waals surface area contributed by atoms with Gasteiger partial charge in [-0.25, -0.2) is 0 Å². The van der Waals surface area contributed by atoms with Crippen LogP contribution in [-0.2, 0) is 7.05 Å². The van der Waals surface area contributed by atoms with E-state index in [-0.39, 0.29) is 5.78 Å². The second kappa shape index (κ2) is 4.14. The number of aryl methyl sites for hydroxylation is 1. The van der Waals surface area contributed by atoms with Gasteiger partial charge in [-0.2, -0.15) is 5.10 Å². The topological polar surface area (TPSA) is 57.0 Å². The molecule has 2 heterocycles. The van der Waals surface area contributed by atoms with Gasteiger partial charge in [-0.1, -0.05) is 0 Å². The minimum absolute atomic E-state index is 0.126. The number of ketones is 1. The summed E-state index contributed by atoms with van der Waals surface area (Å²) in [7, 11) is 3.23. The minimum atomic E-state index is -0.126. The SMILES string of the molecule is COc1cnccc1C(=O)c1ccnn1C. The molecule has 0 radical (unpaired) electrons. The third-order valence-electron chi connectivity index (χ3n) is 2.30. The lowest BCUT2D eigenvalue weighted by atomic mass is 10.1. The summed E-state index contributed by atoms with van der Waals surface area (Å²) in [5, 5.41) is 3.96. The Bertz CT molecular complexity index is 519. The maximum atomic E-state index is 12.1. The molecule has 0 unspecified atom stereocenters. The van der Waals surface area contributed by atoms with E-state index in [1.165, 1.54) is 18.0 Å². The van der Waals surface area contributed by atoms with Gasteiger partial charge in [0.15, 0.2) is 0 Å². The third-order valence-corrected chi connectivity index (χ3v) is 2.30. The first-order chi connectivity index (χ1) is 7.74. The maximum Gasteiger partial charge on any atom is 0.214 e. The summed E-state index contributed by atoms with van der Waals surface area (Å²) in [5.74, 6) is 0.341. The van der Waals surface area contributed by atoms with Crippen molar-refractivity contribution in [3.63, 3.8) is 0 Å². The number of hydrogen-bond acceptors (Lipinski definition) is 4. The predicted molar refractivity (Wildman–Crippen MR) is 57.4 cm³/mol. The zero-order valence-electron chi connectivity index (χ0n) is 9.04. The zero-order valence-corrected chi connectivity index (χ0v) is 9.04. The number of nitrogens with zero attached hydrogens (tertiary/aromatic N) is 3. The third kappa shape index (κ3) is 1.67. The van der Waals surface area contributed by atoms with Gasteiger partial charge in [-0.15, -0.1) is 0 Å². The van der Waals surface area contributed by atoms with Crippen LogP contribution in [0.15, 0.2) is 30.7 Å². The predicted octanol–water partition coefficient (Wildman–Crippen LogP) is 1.05. The Labute approximate surface area is 92.7 Å². The molecule has 0 spiro atoms. The van der Waals surface area contributed by atoms with Gasteiger partial charge in [-0.3, -0.25) is 14.5 Å². The van der Waals surface area contributed by atoms with E-state index in [4.69, 9.17) is 4.74 Å². The van der Waals surface area contributed by atoms with Crippen LogP contribution in [0.25, 0.3) is 0 Å². The molecule has 16 heavy (non-hydrogen) atoms. The molecule has 2 aromatic heterocycles. The monoisotopic (exact) mass is 217 g/mol. The van der Waals surface area contributed by atoms with Crippen molar-refractivity contribution in [2.24, 2.45) is 7.05 Å². The number of pyridine rings is 1. The normalized spacial score (nSPS) is 10.1. The summed E-state index contributed by atoms with van der Waals surface area (Å²) in [4.78, 5) is 16.0. The lowest BCUT2D eigenvalue weighted by Gasteiger charge is -2.06. The number of aromatic nitrogens is 3. The first-order valence-electron chi connectivity index (χ1n) is 4.74. The Morgan fingerprint density at radius 3 is 2.81 bits per heavy atom. The largest absolute Gasteiger partial charge is 0.494 e. The molecule has 5 heteroatoms. The summed E-state index contributed by atoms with van der Waals surface area (Å²) in [6.45, 7) is 0. The van der Waals surface area contributed by atoms with Gasteiger partial charge in [0.2, 0.25) is 5.78 Å². The fourth-order valence-electron chi connectivity index (χ4n) is 1.46. The average molecular weight is 217 g/mol. The van der Waals surface area contributed by atoms with E-state index in [2.05, 4.69) is 10.1 Å². The van der Waals surface area contributed by atoms with E-state index in [9.17, 15) is 4.79 Å². The van der Waals surface area contributed by atoms with Crippen molar-refractivity contribution in [3.8, 4) is 5.75 Å². The molecule has 0 aromatic carbocycles. The van der Waals surface area contributed by atoms with Crippen molar-refractivity contribution >= 4 is 5.78 Å². The molecule has 82 valence electrons. The molecule has 0 saturated carbocycles. The molecule has 2 rings (SSSR count). The van der Waals surface area contributed by atoms with Crippen molar-refractivity contribution in [1.82, 2.24) is 14.8 Å².